The highest BCUT2D eigenvalue weighted by Crippen LogP contribution is 2.29. The average Bonchev–Trinajstić information content (AvgIpc) is 2.82. The SMILES string of the molecule is OC[C@H]1O[C@@H](OC[C@H]2O[C@H](O[C@@H]3[C@@H](O)[C@H](O)[C@@H](CO)O[C@@H]3O)[C@@H](O)[C@@H](O)[C@@H]2O)[C@H](O)[C@@H](O)[C@@H]1O. The smallest absolute Gasteiger partial charge is 0.187 e. The molecule has 15 atom stereocenters. The first-order valence-corrected chi connectivity index (χ1v) is 10.6. The fourth-order valence-electron chi connectivity index (χ4n) is 3.94. The second-order valence-electron chi connectivity index (χ2n) is 8.37. The van der Waals surface area contributed by atoms with Crippen molar-refractivity contribution in [3.63, 3.8) is 0 Å². The normalized spacial score (nSPS) is 52.5. The van der Waals surface area contributed by atoms with E-state index in [9.17, 15) is 51.1 Å². The summed E-state index contributed by atoms with van der Waals surface area (Å²) < 4.78 is 26.1. The molecule has 3 heterocycles. The van der Waals surface area contributed by atoms with E-state index in [1.807, 2.05) is 0 Å². The van der Waals surface area contributed by atoms with Gasteiger partial charge in [0.25, 0.3) is 0 Å². The van der Waals surface area contributed by atoms with Gasteiger partial charge >= 0.3 is 0 Å². The maximum Gasteiger partial charge on any atom is 0.187 e. The Morgan fingerprint density at radius 1 is 0.500 bits per heavy atom. The van der Waals surface area contributed by atoms with Gasteiger partial charge in [-0.1, -0.05) is 0 Å². The Hall–Kier alpha value is -0.640. The van der Waals surface area contributed by atoms with E-state index in [1.165, 1.54) is 0 Å². The Balaban J connectivity index is 1.64. The molecule has 0 spiro atoms. The molecule has 34 heavy (non-hydrogen) atoms. The van der Waals surface area contributed by atoms with Crippen LogP contribution in [-0.4, -0.2) is 168 Å². The Bertz CT molecular complexity index is 639. The van der Waals surface area contributed by atoms with Crippen molar-refractivity contribution in [2.45, 2.75) is 92.1 Å². The highest BCUT2D eigenvalue weighted by atomic mass is 16.7. The van der Waals surface area contributed by atoms with Crippen molar-refractivity contribution >= 4 is 0 Å². The molecule has 11 N–H and O–H groups in total. The molecule has 0 aromatic heterocycles. The maximum absolute atomic E-state index is 10.2. The first-order chi connectivity index (χ1) is 16.0. The van der Waals surface area contributed by atoms with Crippen LogP contribution in [0.5, 0.6) is 0 Å². The third-order valence-corrected chi connectivity index (χ3v) is 6.08. The Morgan fingerprint density at radius 3 is 1.56 bits per heavy atom. The van der Waals surface area contributed by atoms with Gasteiger partial charge in [0.1, 0.15) is 73.2 Å². The van der Waals surface area contributed by atoms with E-state index in [1.54, 1.807) is 0 Å². The maximum atomic E-state index is 10.2. The summed E-state index contributed by atoms with van der Waals surface area (Å²) in [6, 6.07) is 0. The lowest BCUT2D eigenvalue weighted by Gasteiger charge is -2.45. The van der Waals surface area contributed by atoms with E-state index in [0.717, 1.165) is 0 Å². The summed E-state index contributed by atoms with van der Waals surface area (Å²) in [5.41, 5.74) is 0. The summed E-state index contributed by atoms with van der Waals surface area (Å²) in [6.45, 7) is -2.03. The van der Waals surface area contributed by atoms with Crippen LogP contribution in [0.1, 0.15) is 0 Å². The monoisotopic (exact) mass is 504 g/mol. The molecule has 0 aromatic carbocycles. The summed E-state index contributed by atoms with van der Waals surface area (Å²) in [5.74, 6) is 0. The largest absolute Gasteiger partial charge is 0.394 e. The zero-order valence-corrected chi connectivity index (χ0v) is 17.7. The van der Waals surface area contributed by atoms with Crippen LogP contribution in [-0.2, 0) is 23.7 Å². The molecule has 16 heteroatoms. The first kappa shape index (κ1) is 27.9. The van der Waals surface area contributed by atoms with Gasteiger partial charge in [-0.05, 0) is 0 Å². The summed E-state index contributed by atoms with van der Waals surface area (Å²) in [6.07, 6.45) is -25.0. The first-order valence-electron chi connectivity index (χ1n) is 10.6. The number of aliphatic hydroxyl groups is 11. The highest BCUT2D eigenvalue weighted by Gasteiger charge is 2.51. The predicted molar refractivity (Wildman–Crippen MR) is 101 cm³/mol. The van der Waals surface area contributed by atoms with E-state index in [0.29, 0.717) is 0 Å². The van der Waals surface area contributed by atoms with Crippen molar-refractivity contribution in [2.24, 2.45) is 0 Å². The molecule has 16 nitrogen and oxygen atoms in total. The van der Waals surface area contributed by atoms with Crippen LogP contribution in [0, 0.1) is 0 Å². The van der Waals surface area contributed by atoms with Crippen LogP contribution < -0.4 is 0 Å². The molecule has 0 aliphatic carbocycles. The van der Waals surface area contributed by atoms with E-state index in [2.05, 4.69) is 0 Å². The lowest BCUT2D eigenvalue weighted by molar-refractivity contribution is -0.367. The zero-order chi connectivity index (χ0) is 25.3. The predicted octanol–water partition coefficient (Wildman–Crippen LogP) is -7.57. The van der Waals surface area contributed by atoms with Crippen LogP contribution in [0.3, 0.4) is 0 Å². The molecule has 3 aliphatic heterocycles. The van der Waals surface area contributed by atoms with Gasteiger partial charge in [0, 0.05) is 0 Å². The van der Waals surface area contributed by atoms with Crippen molar-refractivity contribution < 1.29 is 79.9 Å². The second-order valence-corrected chi connectivity index (χ2v) is 8.37. The topological polar surface area (TPSA) is 269 Å². The minimum absolute atomic E-state index is 0.616. The summed E-state index contributed by atoms with van der Waals surface area (Å²) in [7, 11) is 0. The van der Waals surface area contributed by atoms with Crippen LogP contribution in [0.2, 0.25) is 0 Å². The molecule has 0 aromatic rings. The fraction of sp³-hybridized carbons (Fsp3) is 1.00. The van der Waals surface area contributed by atoms with Crippen LogP contribution >= 0.6 is 0 Å². The average molecular weight is 504 g/mol. The van der Waals surface area contributed by atoms with Crippen molar-refractivity contribution in [2.75, 3.05) is 19.8 Å². The van der Waals surface area contributed by atoms with Gasteiger partial charge in [0.15, 0.2) is 18.9 Å². The summed E-state index contributed by atoms with van der Waals surface area (Å²) >= 11 is 0. The van der Waals surface area contributed by atoms with Gasteiger partial charge in [-0.2, -0.15) is 0 Å². The third-order valence-electron chi connectivity index (χ3n) is 6.08. The Labute approximate surface area is 192 Å². The third kappa shape index (κ3) is 5.52. The lowest BCUT2D eigenvalue weighted by atomic mass is 9.97. The Morgan fingerprint density at radius 2 is 0.971 bits per heavy atom. The molecule has 200 valence electrons. The number of hydrogen-bond acceptors (Lipinski definition) is 16. The van der Waals surface area contributed by atoms with Crippen LogP contribution in [0.15, 0.2) is 0 Å². The van der Waals surface area contributed by atoms with Crippen molar-refractivity contribution in [1.29, 1.82) is 0 Å². The molecule has 0 unspecified atom stereocenters. The number of hydrogen-bond donors (Lipinski definition) is 11. The summed E-state index contributed by atoms with van der Waals surface area (Å²) in [5, 5.41) is 109. The van der Waals surface area contributed by atoms with Crippen molar-refractivity contribution in [3.8, 4) is 0 Å². The summed E-state index contributed by atoms with van der Waals surface area (Å²) in [4.78, 5) is 0. The zero-order valence-electron chi connectivity index (χ0n) is 17.7. The van der Waals surface area contributed by atoms with E-state index < -0.39 is 112 Å². The standard InChI is InChI=1S/C18H32O16/c19-1-4-8(22)12(26)15(16(29)31-4)34-18-14(28)11(25)9(23)6(33-18)3-30-17-13(27)10(24)7(21)5(2-20)32-17/h4-29H,1-3H2/t4-,5-,6-,7-,8-,9-,10+,11+,12+,13-,14+,15-,16+,17-,18-/m1/s1. The Kier molecular flexibility index (Phi) is 9.54. The molecular weight excluding hydrogens is 472 g/mol. The van der Waals surface area contributed by atoms with E-state index in [4.69, 9.17) is 28.8 Å². The molecule has 0 amide bonds. The quantitative estimate of drug-likeness (QED) is 0.154. The van der Waals surface area contributed by atoms with Gasteiger partial charge < -0.3 is 79.9 Å². The lowest BCUT2D eigenvalue weighted by Crippen LogP contribution is -2.64. The molecule has 3 saturated heterocycles. The molecule has 0 radical (unpaired) electrons. The molecule has 3 rings (SSSR count). The number of ether oxygens (including phenoxy) is 5. The molecular formula is C18H32O16. The number of aliphatic hydroxyl groups excluding tert-OH is 11. The highest BCUT2D eigenvalue weighted by molar-refractivity contribution is 4.94. The molecule has 0 saturated carbocycles. The van der Waals surface area contributed by atoms with E-state index >= 15 is 0 Å². The fourth-order valence-corrected chi connectivity index (χ4v) is 3.94. The van der Waals surface area contributed by atoms with Gasteiger partial charge in [0.05, 0.1) is 19.8 Å². The van der Waals surface area contributed by atoms with Crippen LogP contribution in [0.25, 0.3) is 0 Å². The van der Waals surface area contributed by atoms with Gasteiger partial charge in [-0.15, -0.1) is 0 Å². The van der Waals surface area contributed by atoms with Gasteiger partial charge in [0.2, 0.25) is 0 Å². The van der Waals surface area contributed by atoms with Gasteiger partial charge in [-0.25, -0.2) is 0 Å². The second kappa shape index (κ2) is 11.6. The molecule has 0 bridgehead atoms. The van der Waals surface area contributed by atoms with Crippen LogP contribution in [0.4, 0.5) is 0 Å². The molecule has 3 aliphatic rings. The minimum atomic E-state index is -1.88. The number of rotatable bonds is 7. The van der Waals surface area contributed by atoms with Crippen molar-refractivity contribution in [3.05, 3.63) is 0 Å². The van der Waals surface area contributed by atoms with Crippen molar-refractivity contribution in [1.82, 2.24) is 0 Å². The minimum Gasteiger partial charge on any atom is -0.394 e. The van der Waals surface area contributed by atoms with E-state index in [-0.39, 0.29) is 0 Å². The molecule has 3 fully saturated rings. The van der Waals surface area contributed by atoms with Gasteiger partial charge in [-0.3, -0.25) is 0 Å².